The number of imidazole rings is 1. The molecule has 3 heterocycles. The third kappa shape index (κ3) is 3.51. The second-order valence-electron chi connectivity index (χ2n) is 9.20. The van der Waals surface area contributed by atoms with E-state index in [2.05, 4.69) is 30.8 Å². The summed E-state index contributed by atoms with van der Waals surface area (Å²) in [6.45, 7) is 0. The summed E-state index contributed by atoms with van der Waals surface area (Å²) < 4.78 is 41.4. The van der Waals surface area contributed by atoms with Gasteiger partial charge in [0.25, 0.3) is 5.91 Å². The zero-order valence-electron chi connectivity index (χ0n) is 17.9. The Labute approximate surface area is 200 Å². The Morgan fingerprint density at radius 3 is 2.69 bits per heavy atom. The molecule has 0 unspecified atom stereocenters. The zero-order chi connectivity index (χ0) is 24.6. The molecule has 1 aromatic carbocycles. The van der Waals surface area contributed by atoms with E-state index in [-0.39, 0.29) is 33.3 Å². The van der Waals surface area contributed by atoms with Gasteiger partial charge in [0, 0.05) is 35.4 Å². The van der Waals surface area contributed by atoms with Crippen LogP contribution in [-0.4, -0.2) is 41.6 Å². The molecule has 7 rings (SSSR count). The number of halogens is 4. The van der Waals surface area contributed by atoms with Gasteiger partial charge in [0.2, 0.25) is 0 Å². The molecule has 180 valence electrons. The summed E-state index contributed by atoms with van der Waals surface area (Å²) in [4.78, 5) is 21.2. The van der Waals surface area contributed by atoms with Gasteiger partial charge in [-0.3, -0.25) is 14.3 Å². The number of rotatable bonds is 5. The van der Waals surface area contributed by atoms with Gasteiger partial charge in [-0.1, -0.05) is 11.6 Å². The van der Waals surface area contributed by atoms with Crippen LogP contribution in [0, 0.1) is 0 Å². The van der Waals surface area contributed by atoms with Crippen LogP contribution in [0.15, 0.2) is 43.0 Å². The molecule has 1 amide bonds. The fraction of sp³-hybridized carbons (Fsp3) is 0.273. The van der Waals surface area contributed by atoms with Crippen LogP contribution in [0.25, 0.3) is 16.9 Å². The number of aromatic nitrogens is 5. The first kappa shape index (κ1) is 21.9. The van der Waals surface area contributed by atoms with Crippen molar-refractivity contribution in [2.45, 2.75) is 36.5 Å². The highest BCUT2D eigenvalue weighted by molar-refractivity contribution is 6.34. The molecule has 3 aromatic heterocycles. The molecule has 0 atom stereocenters. The highest BCUT2D eigenvalue weighted by Gasteiger charge is 2.66. The van der Waals surface area contributed by atoms with E-state index in [1.54, 1.807) is 18.2 Å². The highest BCUT2D eigenvalue weighted by Crippen LogP contribution is 2.58. The normalized spacial score (nSPS) is 23.0. The molecule has 0 spiro atoms. The molecule has 3 saturated carbocycles. The Bertz CT molecular complexity index is 1470. The molecule has 2 bridgehead atoms. The summed E-state index contributed by atoms with van der Waals surface area (Å²) in [6.07, 6.45) is 3.13. The second kappa shape index (κ2) is 7.18. The number of alkyl halides is 3. The quantitative estimate of drug-likeness (QED) is 0.328. The Hall–Kier alpha value is -3.64. The van der Waals surface area contributed by atoms with E-state index in [0.29, 0.717) is 22.7 Å². The molecule has 5 N–H and O–H groups in total. The van der Waals surface area contributed by atoms with Crippen molar-refractivity contribution in [3.8, 4) is 11.3 Å². The number of aromatic amines is 1. The molecule has 0 saturated heterocycles. The number of hydrogen-bond donors (Lipinski definition) is 4. The van der Waals surface area contributed by atoms with Crippen molar-refractivity contribution in [2.75, 3.05) is 5.32 Å². The average molecular weight is 503 g/mol. The minimum absolute atomic E-state index is 0.127. The summed E-state index contributed by atoms with van der Waals surface area (Å²) in [5.74, 6) is 0.0354. The lowest BCUT2D eigenvalue weighted by molar-refractivity contribution is -0.140. The van der Waals surface area contributed by atoms with Crippen molar-refractivity contribution >= 4 is 34.7 Å². The maximum atomic E-state index is 13.3. The Morgan fingerprint density at radius 2 is 2.00 bits per heavy atom. The number of hydrogen-bond acceptors (Lipinski definition) is 6. The third-order valence-corrected chi connectivity index (χ3v) is 6.85. The number of nitrogens with zero attached hydrogens (tertiary/aromatic N) is 4. The third-order valence-electron chi connectivity index (χ3n) is 6.54. The minimum atomic E-state index is -4.62. The number of fused-ring (bicyclic) bond motifs is 1. The Kier molecular flexibility index (Phi) is 4.49. The van der Waals surface area contributed by atoms with Crippen molar-refractivity contribution in [3.05, 3.63) is 59.3 Å². The van der Waals surface area contributed by atoms with Crippen LogP contribution < -0.4 is 16.4 Å². The van der Waals surface area contributed by atoms with Crippen LogP contribution in [0.1, 0.15) is 35.3 Å². The summed E-state index contributed by atoms with van der Waals surface area (Å²) in [7, 11) is 0. The maximum Gasteiger partial charge on any atom is 0.435 e. The Morgan fingerprint density at radius 1 is 1.23 bits per heavy atom. The molecular formula is C22H18ClF3N8O. The van der Waals surface area contributed by atoms with E-state index >= 15 is 0 Å². The van der Waals surface area contributed by atoms with E-state index in [1.807, 2.05) is 0 Å². The molecule has 3 aliphatic carbocycles. The van der Waals surface area contributed by atoms with Crippen molar-refractivity contribution in [2.24, 2.45) is 5.73 Å². The van der Waals surface area contributed by atoms with Crippen LogP contribution in [0.4, 0.5) is 24.7 Å². The molecule has 3 fully saturated rings. The minimum Gasteiger partial charge on any atom is -0.346 e. The number of nitrogens with one attached hydrogen (secondary N) is 3. The van der Waals surface area contributed by atoms with Crippen molar-refractivity contribution in [3.63, 3.8) is 0 Å². The molecule has 13 heteroatoms. The smallest absolute Gasteiger partial charge is 0.346 e. The van der Waals surface area contributed by atoms with E-state index in [9.17, 15) is 18.0 Å². The predicted molar refractivity (Wildman–Crippen MR) is 121 cm³/mol. The lowest BCUT2D eigenvalue weighted by Gasteiger charge is -2.68. The second-order valence-corrected chi connectivity index (χ2v) is 9.61. The zero-order valence-corrected chi connectivity index (χ0v) is 18.7. The highest BCUT2D eigenvalue weighted by atomic mass is 35.5. The van der Waals surface area contributed by atoms with Gasteiger partial charge < -0.3 is 16.4 Å². The van der Waals surface area contributed by atoms with E-state index < -0.39 is 11.9 Å². The van der Waals surface area contributed by atoms with Gasteiger partial charge in [-0.05, 0) is 37.5 Å². The molecular weight excluding hydrogens is 485 g/mol. The molecule has 0 radical (unpaired) electrons. The topological polar surface area (TPSA) is 126 Å². The van der Waals surface area contributed by atoms with Crippen molar-refractivity contribution in [1.82, 2.24) is 29.9 Å². The van der Waals surface area contributed by atoms with Gasteiger partial charge in [0.15, 0.2) is 17.2 Å². The number of carbonyl (C=O) groups is 1. The van der Waals surface area contributed by atoms with E-state index in [1.165, 1.54) is 29.2 Å². The van der Waals surface area contributed by atoms with Gasteiger partial charge in [-0.2, -0.15) is 18.3 Å². The van der Waals surface area contributed by atoms with Gasteiger partial charge in [-0.25, -0.2) is 9.97 Å². The number of carbonyl (C=O) groups excluding carboxylic acids is 1. The van der Waals surface area contributed by atoms with E-state index in [0.717, 1.165) is 19.3 Å². The van der Waals surface area contributed by atoms with Crippen LogP contribution >= 0.6 is 11.6 Å². The molecule has 35 heavy (non-hydrogen) atoms. The fourth-order valence-corrected chi connectivity index (χ4v) is 5.40. The number of amides is 1. The maximum absolute atomic E-state index is 13.3. The first-order valence-electron chi connectivity index (χ1n) is 10.7. The van der Waals surface area contributed by atoms with Crippen LogP contribution in [0.5, 0.6) is 0 Å². The molecule has 0 aliphatic heterocycles. The predicted octanol–water partition coefficient (Wildman–Crippen LogP) is 3.90. The van der Waals surface area contributed by atoms with Crippen LogP contribution in [0.3, 0.4) is 0 Å². The summed E-state index contributed by atoms with van der Waals surface area (Å²) in [6, 6.07) is 4.84. The monoisotopic (exact) mass is 502 g/mol. The van der Waals surface area contributed by atoms with Crippen molar-refractivity contribution < 1.29 is 18.0 Å². The van der Waals surface area contributed by atoms with Crippen LogP contribution in [-0.2, 0) is 6.18 Å². The molecule has 3 aliphatic rings. The van der Waals surface area contributed by atoms with Gasteiger partial charge in [0.05, 0.1) is 28.0 Å². The first-order valence-corrected chi connectivity index (χ1v) is 11.1. The first-order chi connectivity index (χ1) is 16.6. The van der Waals surface area contributed by atoms with Crippen LogP contribution in [0.2, 0.25) is 5.02 Å². The number of anilines is 2. The molecule has 4 aromatic rings. The summed E-state index contributed by atoms with van der Waals surface area (Å²) in [5.41, 5.74) is 5.90. The lowest BCUT2D eigenvalue weighted by Crippen LogP contribution is -2.82. The SMILES string of the molecule is NC12CC(NC(=O)c3ccc(Nc4nccn5c(-c6c[nH]nc6C(F)(F)F)cnc45)cc3Cl)(C1)C2. The van der Waals surface area contributed by atoms with Crippen molar-refractivity contribution in [1.29, 1.82) is 0 Å². The number of H-pyrrole nitrogens is 1. The fourth-order valence-electron chi connectivity index (χ4n) is 5.13. The average Bonchev–Trinajstić information content (AvgIpc) is 3.39. The largest absolute Gasteiger partial charge is 0.435 e. The van der Waals surface area contributed by atoms with Gasteiger partial charge >= 0.3 is 6.18 Å². The summed E-state index contributed by atoms with van der Waals surface area (Å²) in [5, 5.41) is 11.9. The number of nitrogens with two attached hydrogens (primary N) is 1. The Balaban J connectivity index is 1.25. The van der Waals surface area contributed by atoms with E-state index in [4.69, 9.17) is 17.3 Å². The number of benzene rings is 1. The van der Waals surface area contributed by atoms with Gasteiger partial charge in [0.1, 0.15) is 0 Å². The molecule has 9 nitrogen and oxygen atoms in total. The summed E-state index contributed by atoms with van der Waals surface area (Å²) >= 11 is 6.39. The lowest BCUT2D eigenvalue weighted by atomic mass is 9.44. The van der Waals surface area contributed by atoms with Gasteiger partial charge in [-0.15, -0.1) is 0 Å². The standard InChI is InChI=1S/C22H18ClF3N8O/c23-14-5-11(1-2-12(14)19(35)32-21-8-20(27,9-21)10-21)31-17-18-29-7-15(34(18)4-3-28-17)13-6-30-33-16(13)22(24,25)26/h1-7H,8-10,27H2,(H,28,31)(H,30,33)(H,32,35).